The van der Waals surface area contributed by atoms with Gasteiger partial charge in [-0.3, -0.25) is 0 Å². The van der Waals surface area contributed by atoms with E-state index in [4.69, 9.17) is 0 Å². The van der Waals surface area contributed by atoms with Gasteiger partial charge in [0.25, 0.3) is 0 Å². The molecule has 0 atom stereocenters. The average Bonchev–Trinajstić information content (AvgIpc) is 2.75. The summed E-state index contributed by atoms with van der Waals surface area (Å²) in [5.74, 6) is 2.82. The molecular weight excluding hydrogens is 214 g/mol. The Bertz CT molecular complexity index is 491. The third-order valence-electron chi connectivity index (χ3n) is 2.68. The minimum absolute atomic E-state index is 0.740. The van der Waals surface area contributed by atoms with Crippen molar-refractivity contribution in [3.05, 3.63) is 36.4 Å². The number of rotatable bonds is 4. The predicted molar refractivity (Wildman–Crippen MR) is 69.1 cm³/mol. The first-order valence-corrected chi connectivity index (χ1v) is 5.53. The summed E-state index contributed by atoms with van der Waals surface area (Å²) >= 11 is 0. The predicted octanol–water partition coefficient (Wildman–Crippen LogP) is 1.49. The molecule has 0 saturated heterocycles. The van der Waals surface area contributed by atoms with Crippen LogP contribution in [0.1, 0.15) is 5.82 Å². The summed E-state index contributed by atoms with van der Waals surface area (Å²) in [6, 6.07) is 5.92. The lowest BCUT2D eigenvalue weighted by Crippen LogP contribution is -2.20. The number of anilines is 2. The molecule has 2 aromatic heterocycles. The standard InChI is InChI=1S/C12H17N5/c1-13-10-5-4-6-11(15-10)17(3)9-12-14-7-8-16(12)2/h4-8H,9H2,1-3H3,(H,13,15). The van der Waals surface area contributed by atoms with Gasteiger partial charge in [0.1, 0.15) is 17.5 Å². The molecule has 17 heavy (non-hydrogen) atoms. The lowest BCUT2D eigenvalue weighted by atomic mass is 10.4. The van der Waals surface area contributed by atoms with Crippen molar-refractivity contribution < 1.29 is 0 Å². The molecule has 0 aliphatic rings. The van der Waals surface area contributed by atoms with Crippen LogP contribution in [0, 0.1) is 0 Å². The van der Waals surface area contributed by atoms with Crippen molar-refractivity contribution in [2.24, 2.45) is 7.05 Å². The summed E-state index contributed by atoms with van der Waals surface area (Å²) in [5.41, 5.74) is 0. The molecule has 0 amide bonds. The van der Waals surface area contributed by atoms with Gasteiger partial charge < -0.3 is 14.8 Å². The van der Waals surface area contributed by atoms with E-state index in [1.807, 2.05) is 50.1 Å². The number of nitrogens with one attached hydrogen (secondary N) is 1. The zero-order valence-electron chi connectivity index (χ0n) is 10.4. The first kappa shape index (κ1) is 11.4. The van der Waals surface area contributed by atoms with E-state index in [1.165, 1.54) is 0 Å². The Hall–Kier alpha value is -2.04. The van der Waals surface area contributed by atoms with Crippen molar-refractivity contribution in [3.63, 3.8) is 0 Å². The highest BCUT2D eigenvalue weighted by atomic mass is 15.2. The van der Waals surface area contributed by atoms with Crippen LogP contribution in [0.5, 0.6) is 0 Å². The Morgan fingerprint density at radius 3 is 2.88 bits per heavy atom. The molecule has 2 rings (SSSR count). The molecule has 0 unspecified atom stereocenters. The SMILES string of the molecule is CNc1cccc(N(C)Cc2nccn2C)n1. The zero-order valence-corrected chi connectivity index (χ0v) is 10.4. The van der Waals surface area contributed by atoms with Crippen molar-refractivity contribution in [2.75, 3.05) is 24.3 Å². The summed E-state index contributed by atoms with van der Waals surface area (Å²) in [6.07, 6.45) is 3.75. The van der Waals surface area contributed by atoms with Gasteiger partial charge in [0.15, 0.2) is 0 Å². The molecule has 5 nitrogen and oxygen atoms in total. The molecule has 0 saturated carbocycles. The fraction of sp³-hybridized carbons (Fsp3) is 0.333. The minimum Gasteiger partial charge on any atom is -0.373 e. The minimum atomic E-state index is 0.740. The van der Waals surface area contributed by atoms with Gasteiger partial charge in [-0.05, 0) is 12.1 Å². The first-order valence-electron chi connectivity index (χ1n) is 5.53. The van der Waals surface area contributed by atoms with Crippen LogP contribution in [0.2, 0.25) is 0 Å². The molecule has 0 aromatic carbocycles. The largest absolute Gasteiger partial charge is 0.373 e. The van der Waals surface area contributed by atoms with Crippen molar-refractivity contribution in [1.29, 1.82) is 0 Å². The van der Waals surface area contributed by atoms with Crippen molar-refractivity contribution in [2.45, 2.75) is 6.54 Å². The van der Waals surface area contributed by atoms with Crippen LogP contribution in [-0.2, 0) is 13.6 Å². The lowest BCUT2D eigenvalue weighted by Gasteiger charge is -2.18. The van der Waals surface area contributed by atoms with Crippen molar-refractivity contribution >= 4 is 11.6 Å². The van der Waals surface area contributed by atoms with E-state index in [0.29, 0.717) is 0 Å². The van der Waals surface area contributed by atoms with Gasteiger partial charge in [-0.15, -0.1) is 0 Å². The van der Waals surface area contributed by atoms with E-state index in [2.05, 4.69) is 20.2 Å². The average molecular weight is 231 g/mol. The van der Waals surface area contributed by atoms with Gasteiger partial charge in [-0.1, -0.05) is 6.07 Å². The number of imidazole rings is 1. The maximum atomic E-state index is 4.48. The van der Waals surface area contributed by atoms with Gasteiger partial charge in [-0.2, -0.15) is 0 Å². The maximum absolute atomic E-state index is 4.48. The van der Waals surface area contributed by atoms with Crippen LogP contribution in [-0.4, -0.2) is 28.6 Å². The maximum Gasteiger partial charge on any atom is 0.131 e. The second kappa shape index (κ2) is 4.86. The van der Waals surface area contributed by atoms with Crippen LogP contribution in [0.15, 0.2) is 30.6 Å². The fourth-order valence-corrected chi connectivity index (χ4v) is 1.62. The molecule has 90 valence electrons. The van der Waals surface area contributed by atoms with Gasteiger partial charge in [0, 0.05) is 33.5 Å². The van der Waals surface area contributed by atoms with Gasteiger partial charge in [-0.25, -0.2) is 9.97 Å². The van der Waals surface area contributed by atoms with Gasteiger partial charge in [0.05, 0.1) is 6.54 Å². The summed E-state index contributed by atoms with van der Waals surface area (Å²) in [6.45, 7) is 0.740. The number of nitrogens with zero attached hydrogens (tertiary/aromatic N) is 4. The Balaban J connectivity index is 2.14. The highest BCUT2D eigenvalue weighted by molar-refractivity contribution is 5.46. The van der Waals surface area contributed by atoms with Crippen LogP contribution in [0.3, 0.4) is 0 Å². The highest BCUT2D eigenvalue weighted by Crippen LogP contribution is 2.14. The molecule has 0 aliphatic heterocycles. The van der Waals surface area contributed by atoms with E-state index >= 15 is 0 Å². The molecule has 0 spiro atoms. The Morgan fingerprint density at radius 2 is 2.24 bits per heavy atom. The monoisotopic (exact) mass is 231 g/mol. The van der Waals surface area contributed by atoms with Crippen molar-refractivity contribution in [1.82, 2.24) is 14.5 Å². The van der Waals surface area contributed by atoms with Crippen LogP contribution >= 0.6 is 0 Å². The molecule has 2 heterocycles. The van der Waals surface area contributed by atoms with Gasteiger partial charge in [0.2, 0.25) is 0 Å². The Morgan fingerprint density at radius 1 is 1.41 bits per heavy atom. The molecule has 0 radical (unpaired) electrons. The van der Waals surface area contributed by atoms with Gasteiger partial charge >= 0.3 is 0 Å². The molecule has 2 aromatic rings. The van der Waals surface area contributed by atoms with E-state index < -0.39 is 0 Å². The van der Waals surface area contributed by atoms with Crippen molar-refractivity contribution in [3.8, 4) is 0 Å². The van der Waals surface area contributed by atoms with Crippen LogP contribution in [0.4, 0.5) is 11.6 Å². The van der Waals surface area contributed by atoms with E-state index in [0.717, 1.165) is 24.0 Å². The normalized spacial score (nSPS) is 10.3. The Kier molecular flexibility index (Phi) is 3.27. The number of hydrogen-bond donors (Lipinski definition) is 1. The molecule has 1 N–H and O–H groups in total. The fourth-order valence-electron chi connectivity index (χ4n) is 1.62. The number of pyridine rings is 1. The third kappa shape index (κ3) is 2.55. The van der Waals surface area contributed by atoms with Crippen LogP contribution < -0.4 is 10.2 Å². The van der Waals surface area contributed by atoms with Crippen LogP contribution in [0.25, 0.3) is 0 Å². The summed E-state index contributed by atoms with van der Waals surface area (Å²) in [5, 5.41) is 3.03. The molecular formula is C12H17N5. The van der Waals surface area contributed by atoms with E-state index in [-0.39, 0.29) is 0 Å². The molecule has 5 heteroatoms. The third-order valence-corrected chi connectivity index (χ3v) is 2.68. The number of aryl methyl sites for hydroxylation is 1. The number of aromatic nitrogens is 3. The second-order valence-electron chi connectivity index (χ2n) is 3.94. The summed E-state index contributed by atoms with van der Waals surface area (Å²) in [7, 11) is 5.87. The quantitative estimate of drug-likeness (QED) is 0.866. The summed E-state index contributed by atoms with van der Waals surface area (Å²) in [4.78, 5) is 10.9. The molecule has 0 aliphatic carbocycles. The molecule has 0 bridgehead atoms. The number of hydrogen-bond acceptors (Lipinski definition) is 4. The lowest BCUT2D eigenvalue weighted by molar-refractivity contribution is 0.756. The topological polar surface area (TPSA) is 46.0 Å². The second-order valence-corrected chi connectivity index (χ2v) is 3.94. The van der Waals surface area contributed by atoms with E-state index in [9.17, 15) is 0 Å². The zero-order chi connectivity index (χ0) is 12.3. The summed E-state index contributed by atoms with van der Waals surface area (Å²) < 4.78 is 2.01. The first-order chi connectivity index (χ1) is 8.20. The van der Waals surface area contributed by atoms with E-state index in [1.54, 1.807) is 6.20 Å². The highest BCUT2D eigenvalue weighted by Gasteiger charge is 2.07. The Labute approximate surface area is 101 Å². The molecule has 0 fully saturated rings. The smallest absolute Gasteiger partial charge is 0.131 e.